The maximum absolute atomic E-state index is 12.2. The van der Waals surface area contributed by atoms with E-state index >= 15 is 0 Å². The average molecular weight is 223 g/mol. The van der Waals surface area contributed by atoms with E-state index in [1.807, 2.05) is 4.90 Å². The number of Topliss-reactive ketones (excluding diaryl/α,β-unsaturated/α-hetero) is 1. The molecule has 3 nitrogen and oxygen atoms in total. The Morgan fingerprint density at radius 3 is 2.31 bits per heavy atom. The van der Waals surface area contributed by atoms with Gasteiger partial charge in [0.1, 0.15) is 5.78 Å². The van der Waals surface area contributed by atoms with Crippen molar-refractivity contribution in [3.05, 3.63) is 0 Å². The maximum atomic E-state index is 12.2. The molecule has 2 fully saturated rings. The molecule has 1 atom stereocenters. The number of nitrogens with zero attached hydrogens (tertiary/aromatic N) is 1. The Morgan fingerprint density at radius 2 is 1.69 bits per heavy atom. The zero-order valence-corrected chi connectivity index (χ0v) is 9.91. The molecule has 1 unspecified atom stereocenters. The second-order valence-corrected chi connectivity index (χ2v) is 5.00. The van der Waals surface area contributed by atoms with Crippen LogP contribution >= 0.6 is 0 Å². The maximum Gasteiger partial charge on any atom is 0.233 e. The minimum atomic E-state index is -0.299. The minimum Gasteiger partial charge on any atom is -0.342 e. The van der Waals surface area contributed by atoms with E-state index in [1.165, 1.54) is 12.8 Å². The fraction of sp³-hybridized carbons (Fsp3) is 0.846. The number of carbonyl (C=O) groups is 2. The van der Waals surface area contributed by atoms with Crippen LogP contribution in [0, 0.1) is 5.92 Å². The van der Waals surface area contributed by atoms with Crippen LogP contribution in [0.25, 0.3) is 0 Å². The summed E-state index contributed by atoms with van der Waals surface area (Å²) >= 11 is 0. The Bertz CT molecular complexity index is 267. The highest BCUT2D eigenvalue weighted by Crippen LogP contribution is 2.23. The van der Waals surface area contributed by atoms with Gasteiger partial charge in [-0.2, -0.15) is 0 Å². The van der Waals surface area contributed by atoms with Crippen molar-refractivity contribution >= 4 is 11.7 Å². The lowest BCUT2D eigenvalue weighted by molar-refractivity contribution is -0.142. The van der Waals surface area contributed by atoms with E-state index < -0.39 is 0 Å². The van der Waals surface area contributed by atoms with Gasteiger partial charge in [0.2, 0.25) is 5.91 Å². The van der Waals surface area contributed by atoms with Gasteiger partial charge in [-0.25, -0.2) is 0 Å². The van der Waals surface area contributed by atoms with Crippen molar-refractivity contribution in [1.29, 1.82) is 0 Å². The summed E-state index contributed by atoms with van der Waals surface area (Å²) in [4.78, 5) is 25.9. The van der Waals surface area contributed by atoms with Gasteiger partial charge in [0, 0.05) is 19.5 Å². The first kappa shape index (κ1) is 11.6. The minimum absolute atomic E-state index is 0.117. The predicted octanol–water partition coefficient (Wildman–Crippen LogP) is 2.15. The third-order valence-corrected chi connectivity index (χ3v) is 3.77. The highest BCUT2D eigenvalue weighted by Gasteiger charge is 2.32. The quantitative estimate of drug-likeness (QED) is 0.639. The molecule has 1 aliphatic heterocycles. The van der Waals surface area contributed by atoms with Crippen molar-refractivity contribution in [3.63, 3.8) is 0 Å². The average Bonchev–Trinajstić information content (AvgIpc) is 2.57. The van der Waals surface area contributed by atoms with E-state index in [2.05, 4.69) is 0 Å². The topological polar surface area (TPSA) is 37.4 Å². The molecule has 0 radical (unpaired) electrons. The summed E-state index contributed by atoms with van der Waals surface area (Å²) in [6.07, 6.45) is 8.07. The molecule has 0 bridgehead atoms. The van der Waals surface area contributed by atoms with Crippen LogP contribution < -0.4 is 0 Å². The molecular formula is C13H21NO2. The molecule has 0 aromatic rings. The summed E-state index contributed by atoms with van der Waals surface area (Å²) in [5, 5.41) is 0. The number of likely N-dealkylation sites (tertiary alicyclic amines) is 1. The fourth-order valence-electron chi connectivity index (χ4n) is 2.76. The Hall–Kier alpha value is -0.860. The van der Waals surface area contributed by atoms with Crippen LogP contribution in [-0.2, 0) is 9.59 Å². The van der Waals surface area contributed by atoms with Crippen LogP contribution in [0.15, 0.2) is 0 Å². The molecular weight excluding hydrogens is 202 g/mol. The first-order valence-electron chi connectivity index (χ1n) is 6.60. The largest absolute Gasteiger partial charge is 0.342 e. The van der Waals surface area contributed by atoms with Gasteiger partial charge in [-0.15, -0.1) is 0 Å². The van der Waals surface area contributed by atoms with Crippen molar-refractivity contribution in [2.24, 2.45) is 5.92 Å². The van der Waals surface area contributed by atoms with Gasteiger partial charge in [-0.1, -0.05) is 19.3 Å². The van der Waals surface area contributed by atoms with Gasteiger partial charge in [-0.05, 0) is 25.7 Å². The first-order valence-corrected chi connectivity index (χ1v) is 6.60. The third-order valence-electron chi connectivity index (χ3n) is 3.77. The molecule has 1 heterocycles. The normalized spacial score (nSPS) is 27.6. The monoisotopic (exact) mass is 223 g/mol. The van der Waals surface area contributed by atoms with Crippen molar-refractivity contribution < 1.29 is 9.59 Å². The first-order chi connectivity index (χ1) is 7.79. The lowest BCUT2D eigenvalue weighted by Gasteiger charge is -2.27. The molecule has 1 amide bonds. The molecule has 2 rings (SSSR count). The van der Waals surface area contributed by atoms with E-state index in [-0.39, 0.29) is 17.6 Å². The van der Waals surface area contributed by atoms with E-state index in [1.54, 1.807) is 0 Å². The van der Waals surface area contributed by atoms with Gasteiger partial charge < -0.3 is 4.90 Å². The number of hydrogen-bond acceptors (Lipinski definition) is 2. The SMILES string of the molecule is O=C1CCCCC1C(=O)N1CCCCCC1. The predicted molar refractivity (Wildman–Crippen MR) is 62.0 cm³/mol. The van der Waals surface area contributed by atoms with Crippen LogP contribution in [0.5, 0.6) is 0 Å². The van der Waals surface area contributed by atoms with Crippen molar-refractivity contribution in [1.82, 2.24) is 4.90 Å². The molecule has 0 N–H and O–H groups in total. The standard InChI is InChI=1S/C13H21NO2/c15-12-8-4-3-7-11(12)13(16)14-9-5-1-2-6-10-14/h11H,1-10H2. The van der Waals surface area contributed by atoms with Gasteiger partial charge in [-0.3, -0.25) is 9.59 Å². The van der Waals surface area contributed by atoms with E-state index in [0.717, 1.165) is 45.2 Å². The Balaban J connectivity index is 1.96. The van der Waals surface area contributed by atoms with Crippen LogP contribution in [0.4, 0.5) is 0 Å². The van der Waals surface area contributed by atoms with Crippen LogP contribution in [0.1, 0.15) is 51.4 Å². The van der Waals surface area contributed by atoms with Gasteiger partial charge in [0.05, 0.1) is 5.92 Å². The van der Waals surface area contributed by atoms with Crippen LogP contribution in [-0.4, -0.2) is 29.7 Å². The smallest absolute Gasteiger partial charge is 0.233 e. The molecule has 1 aliphatic carbocycles. The fourth-order valence-corrected chi connectivity index (χ4v) is 2.76. The van der Waals surface area contributed by atoms with Gasteiger partial charge in [0.15, 0.2) is 0 Å². The summed E-state index contributed by atoms with van der Waals surface area (Å²) in [5.41, 5.74) is 0. The highest BCUT2D eigenvalue weighted by molar-refractivity contribution is 6.01. The van der Waals surface area contributed by atoms with Crippen LogP contribution in [0.2, 0.25) is 0 Å². The van der Waals surface area contributed by atoms with Gasteiger partial charge >= 0.3 is 0 Å². The third kappa shape index (κ3) is 2.63. The molecule has 2 aliphatic rings. The molecule has 1 saturated heterocycles. The second kappa shape index (κ2) is 5.46. The Kier molecular flexibility index (Phi) is 3.97. The lowest BCUT2D eigenvalue weighted by atomic mass is 9.87. The van der Waals surface area contributed by atoms with E-state index in [0.29, 0.717) is 6.42 Å². The molecule has 0 spiro atoms. The van der Waals surface area contributed by atoms with Gasteiger partial charge in [0.25, 0.3) is 0 Å². The summed E-state index contributed by atoms with van der Waals surface area (Å²) < 4.78 is 0. The number of amides is 1. The number of ketones is 1. The molecule has 3 heteroatoms. The van der Waals surface area contributed by atoms with Crippen molar-refractivity contribution in [3.8, 4) is 0 Å². The zero-order chi connectivity index (χ0) is 11.4. The molecule has 0 aromatic heterocycles. The lowest BCUT2D eigenvalue weighted by Crippen LogP contribution is -2.41. The summed E-state index contributed by atoms with van der Waals surface area (Å²) in [6.45, 7) is 1.73. The highest BCUT2D eigenvalue weighted by atomic mass is 16.2. The molecule has 90 valence electrons. The molecule has 1 saturated carbocycles. The van der Waals surface area contributed by atoms with Crippen molar-refractivity contribution in [2.45, 2.75) is 51.4 Å². The summed E-state index contributed by atoms with van der Waals surface area (Å²) in [7, 11) is 0. The molecule has 16 heavy (non-hydrogen) atoms. The van der Waals surface area contributed by atoms with Crippen LogP contribution in [0.3, 0.4) is 0 Å². The number of carbonyl (C=O) groups excluding carboxylic acids is 2. The Morgan fingerprint density at radius 1 is 1.00 bits per heavy atom. The number of rotatable bonds is 1. The summed E-state index contributed by atoms with van der Waals surface area (Å²) in [5.74, 6) is -0.000975. The number of hydrogen-bond donors (Lipinski definition) is 0. The van der Waals surface area contributed by atoms with Crippen molar-refractivity contribution in [2.75, 3.05) is 13.1 Å². The van der Waals surface area contributed by atoms with E-state index in [4.69, 9.17) is 0 Å². The zero-order valence-electron chi connectivity index (χ0n) is 9.91. The van der Waals surface area contributed by atoms with E-state index in [9.17, 15) is 9.59 Å². The summed E-state index contributed by atoms with van der Waals surface area (Å²) in [6, 6.07) is 0. The molecule has 0 aromatic carbocycles. The Labute approximate surface area is 97.2 Å². The second-order valence-electron chi connectivity index (χ2n) is 5.00.